The van der Waals surface area contributed by atoms with Gasteiger partial charge in [-0.3, -0.25) is 9.59 Å². The van der Waals surface area contributed by atoms with Crippen LogP contribution in [-0.4, -0.2) is 52.0 Å². The van der Waals surface area contributed by atoms with E-state index in [1.165, 1.54) is 0 Å². The van der Waals surface area contributed by atoms with Gasteiger partial charge in [0.1, 0.15) is 11.6 Å². The highest BCUT2D eigenvalue weighted by Gasteiger charge is 2.42. The quantitative estimate of drug-likeness (QED) is 0.297. The molecule has 8 nitrogen and oxygen atoms in total. The highest BCUT2D eigenvalue weighted by atomic mass is 16.6. The van der Waals surface area contributed by atoms with E-state index in [9.17, 15) is 14.4 Å². The van der Waals surface area contributed by atoms with Gasteiger partial charge in [0.15, 0.2) is 0 Å². The monoisotopic (exact) mass is 566 g/mol. The summed E-state index contributed by atoms with van der Waals surface area (Å²) in [6.45, 7) is 5.67. The Morgan fingerprint density at radius 3 is 2.43 bits per heavy atom. The molecule has 0 saturated carbocycles. The highest BCUT2D eigenvalue weighted by Crippen LogP contribution is 2.30. The molecule has 2 heterocycles. The molecule has 4 aromatic rings. The van der Waals surface area contributed by atoms with Crippen LogP contribution in [0.15, 0.2) is 85.1 Å². The van der Waals surface area contributed by atoms with E-state index in [0.29, 0.717) is 19.4 Å². The van der Waals surface area contributed by atoms with Gasteiger partial charge in [0.25, 0.3) is 0 Å². The molecule has 0 fully saturated rings. The maximum atomic E-state index is 14.3. The van der Waals surface area contributed by atoms with Gasteiger partial charge in [0.05, 0.1) is 6.04 Å². The van der Waals surface area contributed by atoms with Crippen LogP contribution in [0.5, 0.6) is 0 Å². The first-order valence-corrected chi connectivity index (χ1v) is 14.4. The van der Waals surface area contributed by atoms with Crippen molar-refractivity contribution in [1.82, 2.24) is 9.88 Å². The molecule has 0 radical (unpaired) electrons. The molecular weight excluding hydrogens is 528 g/mol. The molecule has 3 amide bonds. The van der Waals surface area contributed by atoms with Crippen LogP contribution in [0.4, 0.5) is 10.5 Å². The fourth-order valence-corrected chi connectivity index (χ4v) is 5.54. The molecular formula is C34H38N4O4. The summed E-state index contributed by atoms with van der Waals surface area (Å²) in [4.78, 5) is 48.2. The molecule has 5 rings (SSSR count). The maximum absolute atomic E-state index is 14.3. The fourth-order valence-electron chi connectivity index (χ4n) is 5.54. The zero-order valence-corrected chi connectivity index (χ0v) is 24.4. The van der Waals surface area contributed by atoms with Crippen LogP contribution in [-0.2, 0) is 33.6 Å². The Kier molecular flexibility index (Phi) is 8.45. The number of carbonyl (C=O) groups excluding carboxylic acids is 3. The number of H-pyrrole nitrogens is 1. The number of rotatable bonds is 8. The molecule has 42 heavy (non-hydrogen) atoms. The Bertz CT molecular complexity index is 1570. The average molecular weight is 567 g/mol. The van der Waals surface area contributed by atoms with Gasteiger partial charge in [0.2, 0.25) is 11.8 Å². The third kappa shape index (κ3) is 6.39. The van der Waals surface area contributed by atoms with Crippen LogP contribution in [0.25, 0.3) is 10.9 Å². The SMILES string of the molecule is CC(C)(C)OC(=O)N(C(=O)[C@@H](N)Cc1c[nH]c2ccccc12)[C@@H](CCc1ccccc1)C(=O)N1CCc2ccccc21. The van der Waals surface area contributed by atoms with Crippen molar-refractivity contribution in [1.29, 1.82) is 0 Å². The molecule has 0 saturated heterocycles. The number of carbonyl (C=O) groups is 3. The van der Waals surface area contributed by atoms with Crippen LogP contribution >= 0.6 is 0 Å². The van der Waals surface area contributed by atoms with Gasteiger partial charge < -0.3 is 20.4 Å². The van der Waals surface area contributed by atoms with Gasteiger partial charge >= 0.3 is 6.09 Å². The van der Waals surface area contributed by atoms with Gasteiger partial charge in [-0.05, 0) is 75.3 Å². The highest BCUT2D eigenvalue weighted by molar-refractivity contribution is 6.05. The lowest BCUT2D eigenvalue weighted by atomic mass is 10.0. The predicted molar refractivity (Wildman–Crippen MR) is 164 cm³/mol. The Hall–Kier alpha value is -4.43. The second-order valence-corrected chi connectivity index (χ2v) is 11.8. The molecule has 2 atom stereocenters. The standard InChI is InChI=1S/C34H38N4O4/c1-34(2,3)42-33(41)38(31(39)27(35)21-25-22-36-28-15-9-8-14-26(25)28)30(18-17-23-11-5-4-6-12-23)32(40)37-20-19-24-13-7-10-16-29(24)37/h4-16,22,27,30,36H,17-21,35H2,1-3H3/t27-,30-/m0/s1. The fraction of sp³-hybridized carbons (Fsp3) is 0.324. The first kappa shape index (κ1) is 29.1. The molecule has 0 unspecified atom stereocenters. The van der Waals surface area contributed by atoms with E-state index in [1.54, 1.807) is 25.7 Å². The van der Waals surface area contributed by atoms with Gasteiger partial charge in [-0.25, -0.2) is 9.69 Å². The number of nitrogens with two attached hydrogens (primary N) is 1. The van der Waals surface area contributed by atoms with E-state index in [-0.39, 0.29) is 18.7 Å². The van der Waals surface area contributed by atoms with E-state index in [0.717, 1.165) is 38.2 Å². The molecule has 0 bridgehead atoms. The number of amides is 3. The number of anilines is 1. The number of hydrogen-bond acceptors (Lipinski definition) is 5. The Balaban J connectivity index is 1.50. The van der Waals surface area contributed by atoms with Crippen LogP contribution < -0.4 is 10.6 Å². The van der Waals surface area contributed by atoms with E-state index in [2.05, 4.69) is 4.98 Å². The van der Waals surface area contributed by atoms with E-state index in [1.807, 2.05) is 85.1 Å². The number of ether oxygens (including phenoxy) is 1. The van der Waals surface area contributed by atoms with Crippen molar-refractivity contribution in [2.75, 3.05) is 11.4 Å². The van der Waals surface area contributed by atoms with Gasteiger partial charge in [-0.15, -0.1) is 0 Å². The number of aromatic amines is 1. The summed E-state index contributed by atoms with van der Waals surface area (Å²) >= 11 is 0. The summed E-state index contributed by atoms with van der Waals surface area (Å²) in [7, 11) is 0. The number of aromatic nitrogens is 1. The van der Waals surface area contributed by atoms with Crippen LogP contribution in [0.2, 0.25) is 0 Å². The summed E-state index contributed by atoms with van der Waals surface area (Å²) in [6, 6.07) is 23.0. The van der Waals surface area contributed by atoms with Gasteiger partial charge in [-0.1, -0.05) is 66.7 Å². The van der Waals surface area contributed by atoms with E-state index in [4.69, 9.17) is 10.5 Å². The van der Waals surface area contributed by atoms with Crippen molar-refractivity contribution in [3.05, 3.63) is 102 Å². The Morgan fingerprint density at radius 1 is 0.976 bits per heavy atom. The summed E-state index contributed by atoms with van der Waals surface area (Å²) < 4.78 is 5.73. The molecule has 1 aliphatic heterocycles. The number of nitrogens with zero attached hydrogens (tertiary/aromatic N) is 2. The Labute approximate surface area is 246 Å². The van der Waals surface area contributed by atoms with Crippen molar-refractivity contribution in [2.24, 2.45) is 5.73 Å². The lowest BCUT2D eigenvalue weighted by Gasteiger charge is -2.35. The van der Waals surface area contributed by atoms with E-state index >= 15 is 0 Å². The number of imide groups is 1. The maximum Gasteiger partial charge on any atom is 0.417 e. The lowest BCUT2D eigenvalue weighted by molar-refractivity contribution is -0.139. The van der Waals surface area contributed by atoms with Crippen molar-refractivity contribution >= 4 is 34.5 Å². The lowest BCUT2D eigenvalue weighted by Crippen LogP contribution is -2.58. The van der Waals surface area contributed by atoms with Gasteiger partial charge in [0, 0.05) is 29.3 Å². The molecule has 0 spiro atoms. The van der Waals surface area contributed by atoms with Crippen molar-refractivity contribution in [3.8, 4) is 0 Å². The van der Waals surface area contributed by atoms with Crippen LogP contribution in [0, 0.1) is 0 Å². The molecule has 3 N–H and O–H groups in total. The van der Waals surface area contributed by atoms with Crippen molar-refractivity contribution < 1.29 is 19.1 Å². The molecule has 0 aliphatic carbocycles. The summed E-state index contributed by atoms with van der Waals surface area (Å²) in [6.07, 6.45) is 2.56. The minimum atomic E-state index is -1.10. The summed E-state index contributed by atoms with van der Waals surface area (Å²) in [5.41, 5.74) is 10.3. The second kappa shape index (κ2) is 12.2. The number of aryl methyl sites for hydroxylation is 1. The smallest absolute Gasteiger partial charge is 0.417 e. The summed E-state index contributed by atoms with van der Waals surface area (Å²) in [5.74, 6) is -0.970. The number of nitrogens with one attached hydrogen (secondary N) is 1. The number of fused-ring (bicyclic) bond motifs is 2. The molecule has 8 heteroatoms. The molecule has 1 aromatic heterocycles. The number of para-hydroxylation sites is 2. The second-order valence-electron chi connectivity index (χ2n) is 11.8. The average Bonchev–Trinajstić information content (AvgIpc) is 3.58. The van der Waals surface area contributed by atoms with Crippen molar-refractivity contribution in [2.45, 2.75) is 64.1 Å². The number of benzene rings is 3. The summed E-state index contributed by atoms with van der Waals surface area (Å²) in [5, 5.41) is 0.954. The zero-order valence-electron chi connectivity index (χ0n) is 24.4. The largest absolute Gasteiger partial charge is 0.443 e. The normalized spacial score (nSPS) is 14.3. The predicted octanol–water partition coefficient (Wildman–Crippen LogP) is 5.39. The first-order valence-electron chi connectivity index (χ1n) is 14.4. The minimum Gasteiger partial charge on any atom is -0.443 e. The number of hydrogen-bond donors (Lipinski definition) is 2. The minimum absolute atomic E-state index is 0.189. The molecule has 3 aromatic carbocycles. The third-order valence-electron chi connectivity index (χ3n) is 7.56. The van der Waals surface area contributed by atoms with Gasteiger partial charge in [-0.2, -0.15) is 0 Å². The first-order chi connectivity index (χ1) is 20.1. The topological polar surface area (TPSA) is 109 Å². The molecule has 1 aliphatic rings. The third-order valence-corrected chi connectivity index (χ3v) is 7.56. The Morgan fingerprint density at radius 2 is 1.67 bits per heavy atom. The molecule has 218 valence electrons. The van der Waals surface area contributed by atoms with Crippen LogP contribution in [0.1, 0.15) is 43.9 Å². The zero-order chi connectivity index (χ0) is 29.9. The van der Waals surface area contributed by atoms with Crippen molar-refractivity contribution in [3.63, 3.8) is 0 Å². The van der Waals surface area contributed by atoms with E-state index < -0.39 is 29.7 Å². The van der Waals surface area contributed by atoms with Crippen LogP contribution in [0.3, 0.4) is 0 Å².